The number of ketones is 2. The van der Waals surface area contributed by atoms with Crippen LogP contribution in [0.5, 0.6) is 0 Å². The number of carbonyl (C=O) groups excluding carboxylic acids is 2. The number of allylic oxidation sites excluding steroid dienone is 1. The summed E-state index contributed by atoms with van der Waals surface area (Å²) in [5, 5.41) is 0. The summed E-state index contributed by atoms with van der Waals surface area (Å²) in [6.07, 6.45) is 9.95. The molecule has 0 N–H and O–H groups in total. The molecule has 0 aromatic carbocycles. The summed E-state index contributed by atoms with van der Waals surface area (Å²) in [6, 6.07) is 0. The average Bonchev–Trinajstić information content (AvgIpc) is 2.80. The van der Waals surface area contributed by atoms with Crippen LogP contribution >= 0.6 is 0 Å². The second-order valence-electron chi connectivity index (χ2n) is 10.5. The van der Waals surface area contributed by atoms with Crippen molar-refractivity contribution in [2.24, 2.45) is 22.7 Å². The summed E-state index contributed by atoms with van der Waals surface area (Å²) in [5.74, 6) is 1.46. The Labute approximate surface area is 168 Å². The first kappa shape index (κ1) is 19.0. The average molecular weight is 387 g/mol. The molecule has 5 aliphatic rings. The van der Waals surface area contributed by atoms with Gasteiger partial charge in [0.1, 0.15) is 5.60 Å². The molecule has 3 saturated carbocycles. The van der Waals surface area contributed by atoms with Crippen molar-refractivity contribution in [1.82, 2.24) is 0 Å². The molecule has 0 aromatic heterocycles. The minimum absolute atomic E-state index is 0.109. The maximum absolute atomic E-state index is 13.0. The SMILES string of the molecule is CCC1OC23CC[C@@](C(C)=O)(O1)[C@@]2(C)CC[C@H]1[C@H]3CCC2=CC(=O)CC[C@@]21C. The molecular weight excluding hydrogens is 352 g/mol. The molecule has 4 fully saturated rings. The Hall–Kier alpha value is -1.00. The highest BCUT2D eigenvalue weighted by atomic mass is 16.7. The first-order valence-electron chi connectivity index (χ1n) is 11.3. The van der Waals surface area contributed by atoms with Crippen LogP contribution in [0.2, 0.25) is 0 Å². The Morgan fingerprint density at radius 1 is 1.07 bits per heavy atom. The summed E-state index contributed by atoms with van der Waals surface area (Å²) >= 11 is 0. The fourth-order valence-corrected chi connectivity index (χ4v) is 8.26. The van der Waals surface area contributed by atoms with E-state index in [0.717, 1.165) is 51.4 Å². The third-order valence-corrected chi connectivity index (χ3v) is 9.79. The summed E-state index contributed by atoms with van der Waals surface area (Å²) in [7, 11) is 0. The Morgan fingerprint density at radius 2 is 1.86 bits per heavy atom. The van der Waals surface area contributed by atoms with Gasteiger partial charge in [-0.15, -0.1) is 0 Å². The fraction of sp³-hybridized carbons (Fsp3) is 0.833. The van der Waals surface area contributed by atoms with E-state index >= 15 is 0 Å². The molecule has 4 heteroatoms. The zero-order chi connectivity index (χ0) is 19.9. The molecular formula is C24H34O4. The lowest BCUT2D eigenvalue weighted by Gasteiger charge is -2.66. The molecule has 28 heavy (non-hydrogen) atoms. The first-order valence-corrected chi connectivity index (χ1v) is 11.3. The predicted molar refractivity (Wildman–Crippen MR) is 106 cm³/mol. The first-order chi connectivity index (χ1) is 13.2. The van der Waals surface area contributed by atoms with E-state index in [1.807, 2.05) is 6.08 Å². The second-order valence-corrected chi connectivity index (χ2v) is 10.5. The van der Waals surface area contributed by atoms with Crippen molar-refractivity contribution in [1.29, 1.82) is 0 Å². The van der Waals surface area contributed by atoms with Gasteiger partial charge in [-0.3, -0.25) is 9.59 Å². The molecule has 0 radical (unpaired) electrons. The van der Waals surface area contributed by atoms with Gasteiger partial charge in [0, 0.05) is 11.8 Å². The molecule has 2 bridgehead atoms. The van der Waals surface area contributed by atoms with Crippen molar-refractivity contribution in [3.8, 4) is 0 Å². The van der Waals surface area contributed by atoms with Gasteiger partial charge in [-0.1, -0.05) is 26.3 Å². The zero-order valence-electron chi connectivity index (χ0n) is 17.8. The molecule has 4 nitrogen and oxygen atoms in total. The molecule has 0 amide bonds. The second kappa shape index (κ2) is 5.78. The minimum atomic E-state index is -0.684. The van der Waals surface area contributed by atoms with Crippen LogP contribution in [0.15, 0.2) is 11.6 Å². The summed E-state index contributed by atoms with van der Waals surface area (Å²) in [6.45, 7) is 8.49. The predicted octanol–water partition coefficient (Wildman–Crippen LogP) is 4.75. The van der Waals surface area contributed by atoms with Crippen molar-refractivity contribution in [2.75, 3.05) is 0 Å². The Kier molecular flexibility index (Phi) is 3.92. The van der Waals surface area contributed by atoms with Crippen LogP contribution in [0, 0.1) is 22.7 Å². The van der Waals surface area contributed by atoms with Gasteiger partial charge in [-0.25, -0.2) is 0 Å². The third kappa shape index (κ3) is 1.99. The monoisotopic (exact) mass is 386 g/mol. The lowest BCUT2D eigenvalue weighted by Crippen LogP contribution is -2.71. The maximum atomic E-state index is 13.0. The van der Waals surface area contributed by atoms with Crippen molar-refractivity contribution in [3.05, 3.63) is 11.6 Å². The van der Waals surface area contributed by atoms with Gasteiger partial charge in [0.2, 0.25) is 0 Å². The molecule has 1 heterocycles. The molecule has 0 aromatic rings. The van der Waals surface area contributed by atoms with Crippen LogP contribution in [0.3, 0.4) is 0 Å². The van der Waals surface area contributed by atoms with Gasteiger partial charge in [0.05, 0.1) is 5.60 Å². The highest BCUT2D eigenvalue weighted by molar-refractivity contribution is 5.91. The minimum Gasteiger partial charge on any atom is -0.345 e. The fourth-order valence-electron chi connectivity index (χ4n) is 8.26. The van der Waals surface area contributed by atoms with Crippen LogP contribution in [0.1, 0.15) is 85.5 Å². The smallest absolute Gasteiger partial charge is 0.162 e. The zero-order valence-corrected chi connectivity index (χ0v) is 17.8. The van der Waals surface area contributed by atoms with E-state index in [9.17, 15) is 9.59 Å². The molecule has 7 atom stereocenters. The molecule has 5 rings (SSSR count). The Morgan fingerprint density at radius 3 is 2.57 bits per heavy atom. The number of hydrogen-bond donors (Lipinski definition) is 0. The van der Waals surface area contributed by atoms with Gasteiger partial charge >= 0.3 is 0 Å². The van der Waals surface area contributed by atoms with Gasteiger partial charge in [0.25, 0.3) is 0 Å². The molecule has 4 aliphatic carbocycles. The molecule has 1 saturated heterocycles. The van der Waals surface area contributed by atoms with E-state index in [1.54, 1.807) is 6.92 Å². The van der Waals surface area contributed by atoms with E-state index < -0.39 is 5.60 Å². The highest BCUT2D eigenvalue weighted by Gasteiger charge is 2.77. The van der Waals surface area contributed by atoms with Crippen LogP contribution < -0.4 is 0 Å². The van der Waals surface area contributed by atoms with E-state index in [0.29, 0.717) is 24.0 Å². The topological polar surface area (TPSA) is 52.6 Å². The third-order valence-electron chi connectivity index (χ3n) is 9.79. The molecule has 1 aliphatic heterocycles. The van der Waals surface area contributed by atoms with Crippen molar-refractivity contribution < 1.29 is 19.1 Å². The van der Waals surface area contributed by atoms with E-state index in [4.69, 9.17) is 9.47 Å². The number of carbonyl (C=O) groups is 2. The molecule has 0 spiro atoms. The van der Waals surface area contributed by atoms with Crippen LogP contribution in [0.25, 0.3) is 0 Å². The highest BCUT2D eigenvalue weighted by Crippen LogP contribution is 2.73. The Bertz CT molecular complexity index is 771. The van der Waals surface area contributed by atoms with Crippen molar-refractivity contribution in [2.45, 2.75) is 103 Å². The van der Waals surface area contributed by atoms with Crippen molar-refractivity contribution >= 4 is 11.6 Å². The van der Waals surface area contributed by atoms with Crippen molar-refractivity contribution in [3.63, 3.8) is 0 Å². The summed E-state index contributed by atoms with van der Waals surface area (Å²) in [5.41, 5.74) is 0.283. The van der Waals surface area contributed by atoms with Gasteiger partial charge in [-0.05, 0) is 81.6 Å². The number of rotatable bonds is 2. The van der Waals surface area contributed by atoms with Crippen LogP contribution in [-0.2, 0) is 19.1 Å². The number of ether oxygens (including phenoxy) is 2. The van der Waals surface area contributed by atoms with Crippen LogP contribution in [-0.4, -0.2) is 29.1 Å². The lowest BCUT2D eigenvalue weighted by atomic mass is 9.44. The van der Waals surface area contributed by atoms with E-state index in [-0.39, 0.29) is 28.5 Å². The summed E-state index contributed by atoms with van der Waals surface area (Å²) in [4.78, 5) is 25.0. The number of Topliss-reactive ketones (excluding diaryl/α,β-unsaturated/α-hetero) is 1. The van der Waals surface area contributed by atoms with Gasteiger partial charge < -0.3 is 9.47 Å². The number of hydrogen-bond acceptors (Lipinski definition) is 4. The standard InChI is InChI=1S/C24H34O4/c1-5-20-27-23(15(2)25)12-13-24(28-20)19-7-6-16-14-17(26)8-10-21(16,3)18(19)9-11-22(23,24)4/h14,18-20H,5-13H2,1-4H3/t18-,19+,20?,21-,22+,23-,24?/m0/s1. The van der Waals surface area contributed by atoms with Gasteiger partial charge in [-0.2, -0.15) is 0 Å². The molecule has 154 valence electrons. The van der Waals surface area contributed by atoms with E-state index in [1.165, 1.54) is 5.57 Å². The normalized spacial score (nSPS) is 52.4. The molecule has 2 unspecified atom stereocenters. The van der Waals surface area contributed by atoms with Crippen LogP contribution in [0.4, 0.5) is 0 Å². The Balaban J connectivity index is 1.62. The van der Waals surface area contributed by atoms with E-state index in [2.05, 4.69) is 20.8 Å². The largest absolute Gasteiger partial charge is 0.345 e. The quantitative estimate of drug-likeness (QED) is 0.687. The lowest BCUT2D eigenvalue weighted by molar-refractivity contribution is -0.369. The maximum Gasteiger partial charge on any atom is 0.162 e. The summed E-state index contributed by atoms with van der Waals surface area (Å²) < 4.78 is 13.3. The number of fused-ring (bicyclic) bond motifs is 3. The van der Waals surface area contributed by atoms with Gasteiger partial charge in [0.15, 0.2) is 17.9 Å².